The van der Waals surface area contributed by atoms with Gasteiger partial charge in [-0.3, -0.25) is 19.7 Å². The lowest BCUT2D eigenvalue weighted by molar-refractivity contribution is -0.384. The lowest BCUT2D eigenvalue weighted by atomic mass is 10.1. The molecule has 2 rings (SSSR count). The molecule has 30 heavy (non-hydrogen) atoms. The minimum atomic E-state index is -0.530. The number of aryl methyl sites for hydroxylation is 1. The number of nitrogens with one attached hydrogen (secondary N) is 1. The molecule has 0 radical (unpaired) electrons. The number of carbonyl (C=O) groups is 2. The molecule has 0 fully saturated rings. The predicted octanol–water partition coefficient (Wildman–Crippen LogP) is 3.86. The van der Waals surface area contributed by atoms with Gasteiger partial charge >= 0.3 is 0 Å². The van der Waals surface area contributed by atoms with Crippen LogP contribution in [0.15, 0.2) is 42.5 Å². The monoisotopic (exact) mass is 413 g/mol. The van der Waals surface area contributed by atoms with Gasteiger partial charge in [-0.05, 0) is 50.5 Å². The highest BCUT2D eigenvalue weighted by Crippen LogP contribution is 2.20. The van der Waals surface area contributed by atoms with Gasteiger partial charge < -0.3 is 15.0 Å². The Morgan fingerprint density at radius 3 is 2.57 bits per heavy atom. The Bertz CT molecular complexity index is 929. The van der Waals surface area contributed by atoms with Gasteiger partial charge in [-0.15, -0.1) is 0 Å². The lowest BCUT2D eigenvalue weighted by Gasteiger charge is -2.28. The summed E-state index contributed by atoms with van der Waals surface area (Å²) in [6.45, 7) is 7.24. The number of hydrogen-bond acceptors (Lipinski definition) is 5. The molecule has 160 valence electrons. The van der Waals surface area contributed by atoms with Gasteiger partial charge in [-0.25, -0.2) is 0 Å². The summed E-state index contributed by atoms with van der Waals surface area (Å²) in [7, 11) is 0. The van der Waals surface area contributed by atoms with Gasteiger partial charge in [0.1, 0.15) is 12.3 Å². The summed E-state index contributed by atoms with van der Waals surface area (Å²) in [6.07, 6.45) is 0.666. The van der Waals surface area contributed by atoms with Crippen LogP contribution in [0.3, 0.4) is 0 Å². The molecule has 8 nitrogen and oxygen atoms in total. The number of rotatable bonds is 9. The molecule has 0 heterocycles. The second kappa shape index (κ2) is 10.4. The Hall–Kier alpha value is -3.42. The zero-order valence-electron chi connectivity index (χ0n) is 17.7. The fourth-order valence-electron chi connectivity index (χ4n) is 2.86. The molecule has 2 aromatic carbocycles. The lowest BCUT2D eigenvalue weighted by Crippen LogP contribution is -2.45. The van der Waals surface area contributed by atoms with E-state index in [9.17, 15) is 19.7 Å². The first-order valence-electron chi connectivity index (χ1n) is 9.75. The topological polar surface area (TPSA) is 102 Å². The third-order valence-corrected chi connectivity index (χ3v) is 5.03. The summed E-state index contributed by atoms with van der Waals surface area (Å²) in [5, 5.41) is 13.7. The number of nitro benzene ring substituents is 1. The molecule has 0 saturated carbocycles. The van der Waals surface area contributed by atoms with E-state index in [0.29, 0.717) is 12.1 Å². The zero-order chi connectivity index (χ0) is 22.3. The largest absolute Gasteiger partial charge is 0.484 e. The van der Waals surface area contributed by atoms with Crippen LogP contribution in [-0.4, -0.2) is 40.8 Å². The highest BCUT2D eigenvalue weighted by Gasteiger charge is 2.23. The maximum atomic E-state index is 12.7. The molecule has 0 aliphatic carbocycles. The predicted molar refractivity (Wildman–Crippen MR) is 115 cm³/mol. The second-order valence-electron chi connectivity index (χ2n) is 7.12. The number of anilines is 1. The molecular formula is C22H27N3O5. The molecule has 1 atom stereocenters. The van der Waals surface area contributed by atoms with E-state index in [1.54, 1.807) is 6.07 Å². The van der Waals surface area contributed by atoms with Crippen molar-refractivity contribution in [1.29, 1.82) is 0 Å². The molecule has 0 aromatic heterocycles. The van der Waals surface area contributed by atoms with Crippen LogP contribution in [0.1, 0.15) is 31.4 Å². The second-order valence-corrected chi connectivity index (χ2v) is 7.12. The normalized spacial score (nSPS) is 11.5. The van der Waals surface area contributed by atoms with Gasteiger partial charge in [0, 0.05) is 17.8 Å². The standard InChI is InChI=1S/C22H27N3O5/c1-5-16(3)24(13-21(26)23-20-11-6-8-15(2)17(20)4)22(27)14-30-19-10-7-9-18(12-19)25(28)29/h6-12,16H,5,13-14H2,1-4H3,(H,23,26)/t16-/m1/s1. The van der Waals surface area contributed by atoms with Gasteiger partial charge in [0.2, 0.25) is 5.91 Å². The molecule has 0 aliphatic rings. The third-order valence-electron chi connectivity index (χ3n) is 5.03. The zero-order valence-corrected chi connectivity index (χ0v) is 17.7. The number of non-ortho nitro benzene ring substituents is 1. The summed E-state index contributed by atoms with van der Waals surface area (Å²) in [5.74, 6) is -0.443. The highest BCUT2D eigenvalue weighted by molar-refractivity contribution is 5.95. The first-order chi connectivity index (χ1) is 14.2. The van der Waals surface area contributed by atoms with Crippen LogP contribution >= 0.6 is 0 Å². The van der Waals surface area contributed by atoms with Gasteiger partial charge in [0.15, 0.2) is 6.61 Å². The summed E-state index contributed by atoms with van der Waals surface area (Å²) in [6, 6.07) is 11.1. The third kappa shape index (κ3) is 6.04. The quantitative estimate of drug-likeness (QED) is 0.497. The van der Waals surface area contributed by atoms with E-state index in [4.69, 9.17) is 4.74 Å². The van der Waals surface area contributed by atoms with Crippen molar-refractivity contribution in [1.82, 2.24) is 4.90 Å². The van der Waals surface area contributed by atoms with Crippen LogP contribution in [0.5, 0.6) is 5.75 Å². The Morgan fingerprint density at radius 2 is 1.90 bits per heavy atom. The number of ether oxygens (including phenoxy) is 1. The van der Waals surface area contributed by atoms with E-state index in [2.05, 4.69) is 5.32 Å². The molecule has 0 aliphatic heterocycles. The van der Waals surface area contributed by atoms with E-state index in [0.717, 1.165) is 11.1 Å². The molecule has 1 N–H and O–H groups in total. The van der Waals surface area contributed by atoms with Crippen LogP contribution in [0.25, 0.3) is 0 Å². The molecule has 0 bridgehead atoms. The number of nitro groups is 1. The average Bonchev–Trinajstić information content (AvgIpc) is 2.73. The molecule has 0 unspecified atom stereocenters. The van der Waals surface area contributed by atoms with Crippen molar-refractivity contribution in [3.05, 3.63) is 63.7 Å². The van der Waals surface area contributed by atoms with Gasteiger partial charge in [0.25, 0.3) is 11.6 Å². The Morgan fingerprint density at radius 1 is 1.20 bits per heavy atom. The summed E-state index contributed by atoms with van der Waals surface area (Å²) >= 11 is 0. The minimum Gasteiger partial charge on any atom is -0.484 e. The van der Waals surface area contributed by atoms with Gasteiger partial charge in [-0.1, -0.05) is 25.1 Å². The van der Waals surface area contributed by atoms with Crippen molar-refractivity contribution in [2.24, 2.45) is 0 Å². The number of amides is 2. The molecule has 8 heteroatoms. The van der Waals surface area contributed by atoms with E-state index >= 15 is 0 Å². The average molecular weight is 413 g/mol. The van der Waals surface area contributed by atoms with Crippen molar-refractivity contribution < 1.29 is 19.2 Å². The van der Waals surface area contributed by atoms with Gasteiger partial charge in [0.05, 0.1) is 11.0 Å². The Kier molecular flexibility index (Phi) is 7.91. The van der Waals surface area contributed by atoms with Crippen molar-refractivity contribution in [3.8, 4) is 5.75 Å². The number of carbonyl (C=O) groups excluding carboxylic acids is 2. The summed E-state index contributed by atoms with van der Waals surface area (Å²) in [5.41, 5.74) is 2.63. The number of benzene rings is 2. The molecule has 2 amide bonds. The smallest absolute Gasteiger partial charge is 0.273 e. The SMILES string of the molecule is CC[C@@H](C)N(CC(=O)Nc1cccc(C)c1C)C(=O)COc1cccc([N+](=O)[O-])c1. The fourth-order valence-corrected chi connectivity index (χ4v) is 2.86. The van der Waals surface area contributed by atoms with E-state index in [1.165, 1.54) is 23.1 Å². The number of nitrogens with zero attached hydrogens (tertiary/aromatic N) is 2. The molecule has 0 saturated heterocycles. The summed E-state index contributed by atoms with van der Waals surface area (Å²) < 4.78 is 5.44. The maximum absolute atomic E-state index is 12.7. The highest BCUT2D eigenvalue weighted by atomic mass is 16.6. The van der Waals surface area contributed by atoms with Crippen molar-refractivity contribution in [3.63, 3.8) is 0 Å². The van der Waals surface area contributed by atoms with E-state index in [-0.39, 0.29) is 42.4 Å². The van der Waals surface area contributed by atoms with E-state index in [1.807, 2.05) is 45.9 Å². The molecular weight excluding hydrogens is 386 g/mol. The van der Waals surface area contributed by atoms with E-state index < -0.39 is 4.92 Å². The van der Waals surface area contributed by atoms with Crippen molar-refractivity contribution in [2.75, 3.05) is 18.5 Å². The first-order valence-corrected chi connectivity index (χ1v) is 9.75. The van der Waals surface area contributed by atoms with Crippen molar-refractivity contribution in [2.45, 2.75) is 40.2 Å². The Balaban J connectivity index is 2.04. The van der Waals surface area contributed by atoms with Crippen molar-refractivity contribution >= 4 is 23.2 Å². The minimum absolute atomic E-state index is 0.112. The van der Waals surface area contributed by atoms with Gasteiger partial charge in [-0.2, -0.15) is 0 Å². The summed E-state index contributed by atoms with van der Waals surface area (Å²) in [4.78, 5) is 37.1. The molecule has 0 spiro atoms. The van der Waals surface area contributed by atoms with Crippen LogP contribution in [0, 0.1) is 24.0 Å². The van der Waals surface area contributed by atoms with Crippen LogP contribution in [0.2, 0.25) is 0 Å². The Labute approximate surface area is 176 Å². The number of hydrogen-bond donors (Lipinski definition) is 1. The maximum Gasteiger partial charge on any atom is 0.273 e. The molecule has 2 aromatic rings. The fraction of sp³-hybridized carbons (Fsp3) is 0.364. The van der Waals surface area contributed by atoms with Crippen LogP contribution in [-0.2, 0) is 9.59 Å². The van der Waals surface area contributed by atoms with Crippen LogP contribution in [0.4, 0.5) is 11.4 Å². The van der Waals surface area contributed by atoms with Crippen LogP contribution < -0.4 is 10.1 Å². The first kappa shape index (κ1) is 22.9.